The zero-order valence-corrected chi connectivity index (χ0v) is 16.9. The molecule has 6 nitrogen and oxygen atoms in total. The largest absolute Gasteiger partial charge is 0.493 e. The third-order valence-electron chi connectivity index (χ3n) is 3.80. The van der Waals surface area contributed by atoms with Crippen LogP contribution in [0, 0.1) is 5.82 Å². The number of nitrogens with one attached hydrogen (secondary N) is 2. The first-order chi connectivity index (χ1) is 13.4. The fourth-order valence-electron chi connectivity index (χ4n) is 2.47. The Morgan fingerprint density at radius 1 is 1.14 bits per heavy atom. The number of rotatable bonds is 5. The molecule has 2 amide bonds. The van der Waals surface area contributed by atoms with Crippen LogP contribution >= 0.6 is 28.1 Å². The van der Waals surface area contributed by atoms with Crippen molar-refractivity contribution in [2.45, 2.75) is 6.61 Å². The van der Waals surface area contributed by atoms with Crippen LogP contribution in [0.15, 0.2) is 46.4 Å². The summed E-state index contributed by atoms with van der Waals surface area (Å²) in [4.78, 5) is 24.0. The van der Waals surface area contributed by atoms with Gasteiger partial charge < -0.3 is 9.47 Å². The van der Waals surface area contributed by atoms with Crippen molar-refractivity contribution in [2.75, 3.05) is 7.11 Å². The van der Waals surface area contributed by atoms with Crippen LogP contribution in [0.25, 0.3) is 6.08 Å². The molecule has 0 unspecified atom stereocenters. The molecule has 0 bridgehead atoms. The maximum atomic E-state index is 13.0. The van der Waals surface area contributed by atoms with Crippen molar-refractivity contribution in [3.63, 3.8) is 0 Å². The van der Waals surface area contributed by atoms with Crippen LogP contribution in [-0.4, -0.2) is 24.0 Å². The van der Waals surface area contributed by atoms with Crippen molar-refractivity contribution in [1.29, 1.82) is 0 Å². The van der Waals surface area contributed by atoms with Crippen LogP contribution in [0.2, 0.25) is 0 Å². The molecule has 28 heavy (non-hydrogen) atoms. The molecule has 0 aliphatic carbocycles. The average Bonchev–Trinajstić information content (AvgIpc) is 2.64. The lowest BCUT2D eigenvalue weighted by molar-refractivity contribution is -0.123. The first-order valence-electron chi connectivity index (χ1n) is 8.00. The molecule has 0 aromatic heterocycles. The molecule has 1 heterocycles. The summed E-state index contributed by atoms with van der Waals surface area (Å²) in [6, 6.07) is 9.27. The number of carbonyl (C=O) groups is 2. The first-order valence-corrected chi connectivity index (χ1v) is 9.20. The van der Waals surface area contributed by atoms with Gasteiger partial charge >= 0.3 is 0 Å². The van der Waals surface area contributed by atoms with E-state index < -0.39 is 11.8 Å². The Bertz CT molecular complexity index is 970. The van der Waals surface area contributed by atoms with E-state index in [0.717, 1.165) is 5.56 Å². The van der Waals surface area contributed by atoms with Gasteiger partial charge in [0.1, 0.15) is 18.0 Å². The third kappa shape index (κ3) is 4.55. The van der Waals surface area contributed by atoms with Crippen LogP contribution in [0.5, 0.6) is 11.5 Å². The number of halogens is 2. The van der Waals surface area contributed by atoms with Gasteiger partial charge in [0, 0.05) is 0 Å². The van der Waals surface area contributed by atoms with Crippen molar-refractivity contribution < 1.29 is 23.5 Å². The Balaban J connectivity index is 1.86. The van der Waals surface area contributed by atoms with Gasteiger partial charge in [0.05, 0.1) is 11.6 Å². The molecule has 2 aromatic rings. The summed E-state index contributed by atoms with van der Waals surface area (Å²) in [5.74, 6) is -0.652. The quantitative estimate of drug-likeness (QED) is 0.403. The lowest BCUT2D eigenvalue weighted by atomic mass is 10.1. The Hall–Kier alpha value is -2.78. The standard InChI is InChI=1S/C19H14BrFN2O4S/c1-26-15-8-11(6-13-17(24)22-19(28)23-18(13)25)7-14(20)16(15)27-9-10-2-4-12(21)5-3-10/h2-8H,9H2,1H3,(H2,22,23,24,25,28). The number of hydrogen-bond acceptors (Lipinski definition) is 5. The molecule has 1 fully saturated rings. The topological polar surface area (TPSA) is 76.7 Å². The van der Waals surface area contributed by atoms with Crippen molar-refractivity contribution >= 4 is 51.2 Å². The number of hydrogen-bond donors (Lipinski definition) is 2. The van der Waals surface area contributed by atoms with Gasteiger partial charge in [0.2, 0.25) is 0 Å². The van der Waals surface area contributed by atoms with Crippen LogP contribution in [0.4, 0.5) is 4.39 Å². The second-order valence-electron chi connectivity index (χ2n) is 5.74. The monoisotopic (exact) mass is 464 g/mol. The summed E-state index contributed by atoms with van der Waals surface area (Å²) in [6.45, 7) is 0.206. The first kappa shape index (κ1) is 20.0. The number of methoxy groups -OCH3 is 1. The molecule has 1 saturated heterocycles. The van der Waals surface area contributed by atoms with E-state index in [-0.39, 0.29) is 23.1 Å². The van der Waals surface area contributed by atoms with Crippen molar-refractivity contribution in [3.8, 4) is 11.5 Å². The highest BCUT2D eigenvalue weighted by molar-refractivity contribution is 9.10. The van der Waals surface area contributed by atoms with Gasteiger partial charge in [-0.3, -0.25) is 20.2 Å². The van der Waals surface area contributed by atoms with E-state index in [1.807, 2.05) is 0 Å². The van der Waals surface area contributed by atoms with E-state index in [2.05, 4.69) is 26.6 Å². The zero-order valence-electron chi connectivity index (χ0n) is 14.5. The normalized spacial score (nSPS) is 13.7. The van der Waals surface area contributed by atoms with Crippen molar-refractivity contribution in [1.82, 2.24) is 10.6 Å². The minimum Gasteiger partial charge on any atom is -0.493 e. The zero-order chi connectivity index (χ0) is 20.3. The van der Waals surface area contributed by atoms with Gasteiger partial charge in [0.15, 0.2) is 16.6 Å². The molecule has 0 radical (unpaired) electrons. The van der Waals surface area contributed by atoms with E-state index in [9.17, 15) is 14.0 Å². The summed E-state index contributed by atoms with van der Waals surface area (Å²) in [5, 5.41) is 4.72. The summed E-state index contributed by atoms with van der Waals surface area (Å²) in [7, 11) is 1.47. The molecular formula is C19H14BrFN2O4S. The number of carbonyl (C=O) groups excluding carboxylic acids is 2. The molecule has 2 aromatic carbocycles. The molecule has 1 aliphatic rings. The molecule has 9 heteroatoms. The predicted molar refractivity (Wildman–Crippen MR) is 108 cm³/mol. The Morgan fingerprint density at radius 2 is 1.79 bits per heavy atom. The van der Waals surface area contributed by atoms with Gasteiger partial charge in [-0.15, -0.1) is 0 Å². The molecular weight excluding hydrogens is 451 g/mol. The molecule has 0 spiro atoms. The van der Waals surface area contributed by atoms with Gasteiger partial charge in [-0.25, -0.2) is 4.39 Å². The third-order valence-corrected chi connectivity index (χ3v) is 4.60. The van der Waals surface area contributed by atoms with Crippen LogP contribution < -0.4 is 20.1 Å². The number of amides is 2. The summed E-state index contributed by atoms with van der Waals surface area (Å²) in [5.41, 5.74) is 1.25. The SMILES string of the molecule is COc1cc(C=C2C(=O)NC(=S)NC2=O)cc(Br)c1OCc1ccc(F)cc1. The molecule has 1 aliphatic heterocycles. The Morgan fingerprint density at radius 3 is 2.39 bits per heavy atom. The highest BCUT2D eigenvalue weighted by Gasteiger charge is 2.26. The van der Waals surface area contributed by atoms with Crippen LogP contribution in [0.1, 0.15) is 11.1 Å². The van der Waals surface area contributed by atoms with Gasteiger partial charge in [-0.1, -0.05) is 12.1 Å². The maximum absolute atomic E-state index is 13.0. The van der Waals surface area contributed by atoms with E-state index >= 15 is 0 Å². The minimum absolute atomic E-state index is 0.0320. The molecule has 0 atom stereocenters. The number of benzene rings is 2. The van der Waals surface area contributed by atoms with Crippen LogP contribution in [-0.2, 0) is 16.2 Å². The number of thiocarbonyl (C=S) groups is 1. The Kier molecular flexibility index (Phi) is 6.05. The molecule has 144 valence electrons. The number of ether oxygens (including phenoxy) is 2. The van der Waals surface area contributed by atoms with E-state index in [1.54, 1.807) is 24.3 Å². The van der Waals surface area contributed by atoms with Gasteiger partial charge in [-0.05, 0) is 69.6 Å². The fourth-order valence-corrected chi connectivity index (χ4v) is 3.23. The smallest absolute Gasteiger partial charge is 0.263 e. The summed E-state index contributed by atoms with van der Waals surface area (Å²) >= 11 is 8.19. The highest BCUT2D eigenvalue weighted by Crippen LogP contribution is 2.37. The van der Waals surface area contributed by atoms with E-state index in [1.165, 1.54) is 25.3 Å². The average molecular weight is 465 g/mol. The second kappa shape index (κ2) is 8.49. The summed E-state index contributed by atoms with van der Waals surface area (Å²) < 4.78 is 24.7. The fraction of sp³-hybridized carbons (Fsp3) is 0.105. The van der Waals surface area contributed by atoms with Gasteiger partial charge in [0.25, 0.3) is 11.8 Å². The molecule has 0 saturated carbocycles. The summed E-state index contributed by atoms with van der Waals surface area (Å²) in [6.07, 6.45) is 1.42. The maximum Gasteiger partial charge on any atom is 0.263 e. The van der Waals surface area contributed by atoms with E-state index in [0.29, 0.717) is 21.5 Å². The lowest BCUT2D eigenvalue weighted by Gasteiger charge is -2.17. The molecule has 2 N–H and O–H groups in total. The van der Waals surface area contributed by atoms with Gasteiger partial charge in [-0.2, -0.15) is 0 Å². The van der Waals surface area contributed by atoms with Crippen molar-refractivity contribution in [2.24, 2.45) is 0 Å². The Labute approximate surface area is 173 Å². The second-order valence-corrected chi connectivity index (χ2v) is 7.01. The highest BCUT2D eigenvalue weighted by atomic mass is 79.9. The predicted octanol–water partition coefficient (Wildman–Crippen LogP) is 3.09. The van der Waals surface area contributed by atoms with Crippen molar-refractivity contribution in [3.05, 3.63) is 63.4 Å². The van der Waals surface area contributed by atoms with E-state index in [4.69, 9.17) is 21.7 Å². The lowest BCUT2D eigenvalue weighted by Crippen LogP contribution is -2.51. The minimum atomic E-state index is -0.583. The molecule has 3 rings (SSSR count). The van der Waals surface area contributed by atoms with Crippen LogP contribution in [0.3, 0.4) is 0 Å².